The van der Waals surface area contributed by atoms with Crippen LogP contribution in [0.25, 0.3) is 0 Å². The zero-order valence-corrected chi connectivity index (χ0v) is 14.0. The summed E-state index contributed by atoms with van der Waals surface area (Å²) in [7, 11) is 3.31. The fraction of sp³-hybridized carbons (Fsp3) is 0.533. The second-order valence-corrected chi connectivity index (χ2v) is 5.79. The highest BCUT2D eigenvalue weighted by molar-refractivity contribution is 5.96. The van der Waals surface area contributed by atoms with E-state index in [-0.39, 0.29) is 5.91 Å². The van der Waals surface area contributed by atoms with E-state index in [0.717, 1.165) is 30.2 Å². The van der Waals surface area contributed by atoms with Crippen LogP contribution in [0.2, 0.25) is 0 Å². The van der Waals surface area contributed by atoms with Gasteiger partial charge in [-0.15, -0.1) is 5.10 Å². The van der Waals surface area contributed by atoms with Gasteiger partial charge in [-0.25, -0.2) is 0 Å². The van der Waals surface area contributed by atoms with Crippen LogP contribution in [0.5, 0.6) is 5.88 Å². The second kappa shape index (κ2) is 5.94. The summed E-state index contributed by atoms with van der Waals surface area (Å²) < 4.78 is 6.79. The number of aryl methyl sites for hydroxylation is 3. The Kier molecular flexibility index (Phi) is 3.97. The molecule has 0 bridgehead atoms. The first-order chi connectivity index (χ1) is 11.0. The summed E-state index contributed by atoms with van der Waals surface area (Å²) >= 11 is 0. The number of carbonyl (C=O) groups excluding carboxylic acids is 1. The Morgan fingerprint density at radius 2 is 1.96 bits per heavy atom. The molecule has 0 aliphatic carbocycles. The topological polar surface area (TPSA) is 79.3 Å². The minimum atomic E-state index is -0.0322. The van der Waals surface area contributed by atoms with Crippen LogP contribution in [0, 0.1) is 13.8 Å². The Labute approximate surface area is 135 Å². The van der Waals surface area contributed by atoms with Gasteiger partial charge < -0.3 is 14.5 Å². The monoisotopic (exact) mass is 318 g/mol. The van der Waals surface area contributed by atoms with Crippen LogP contribution in [-0.4, -0.2) is 64.1 Å². The number of carbonyl (C=O) groups is 1. The lowest BCUT2D eigenvalue weighted by Crippen LogP contribution is -2.49. The predicted molar refractivity (Wildman–Crippen MR) is 85.9 cm³/mol. The van der Waals surface area contributed by atoms with E-state index < -0.39 is 0 Å². The predicted octanol–water partition coefficient (Wildman–Crippen LogP) is 0.731. The molecule has 124 valence electrons. The number of anilines is 1. The Morgan fingerprint density at radius 1 is 1.26 bits per heavy atom. The maximum atomic E-state index is 12.7. The van der Waals surface area contributed by atoms with Crippen molar-refractivity contribution in [3.63, 3.8) is 0 Å². The SMILES string of the molecule is COc1nn(C)cc1C(=O)N1CCN(c2c(C)n[nH]c2C)CC1. The third kappa shape index (κ3) is 2.76. The van der Waals surface area contributed by atoms with Gasteiger partial charge in [0.15, 0.2) is 0 Å². The van der Waals surface area contributed by atoms with Crippen LogP contribution in [0.1, 0.15) is 21.7 Å². The second-order valence-electron chi connectivity index (χ2n) is 5.79. The van der Waals surface area contributed by atoms with Gasteiger partial charge in [-0.2, -0.15) is 5.10 Å². The fourth-order valence-electron chi connectivity index (χ4n) is 3.08. The molecule has 1 fully saturated rings. The van der Waals surface area contributed by atoms with Crippen molar-refractivity contribution in [1.29, 1.82) is 0 Å². The number of hydrogen-bond donors (Lipinski definition) is 1. The number of nitrogens with one attached hydrogen (secondary N) is 1. The summed E-state index contributed by atoms with van der Waals surface area (Å²) in [5, 5.41) is 11.4. The van der Waals surface area contributed by atoms with Crippen molar-refractivity contribution in [2.24, 2.45) is 7.05 Å². The number of piperazine rings is 1. The molecule has 0 atom stereocenters. The molecule has 8 heteroatoms. The van der Waals surface area contributed by atoms with E-state index in [0.29, 0.717) is 24.5 Å². The van der Waals surface area contributed by atoms with Crippen molar-refractivity contribution >= 4 is 11.6 Å². The smallest absolute Gasteiger partial charge is 0.261 e. The number of aromatic nitrogens is 4. The maximum Gasteiger partial charge on any atom is 0.261 e. The Bertz CT molecular complexity index is 692. The number of methoxy groups -OCH3 is 1. The van der Waals surface area contributed by atoms with Crippen LogP contribution < -0.4 is 9.64 Å². The highest BCUT2D eigenvalue weighted by Gasteiger charge is 2.27. The zero-order valence-electron chi connectivity index (χ0n) is 14.0. The van der Waals surface area contributed by atoms with Gasteiger partial charge >= 0.3 is 0 Å². The summed E-state index contributed by atoms with van der Waals surface area (Å²) in [5.74, 6) is 0.344. The Balaban J connectivity index is 1.70. The van der Waals surface area contributed by atoms with Crippen molar-refractivity contribution in [1.82, 2.24) is 24.9 Å². The summed E-state index contributed by atoms with van der Waals surface area (Å²) in [6.45, 7) is 6.93. The normalized spacial score (nSPS) is 15.1. The van der Waals surface area contributed by atoms with Crippen molar-refractivity contribution in [2.75, 3.05) is 38.2 Å². The van der Waals surface area contributed by atoms with Gasteiger partial charge in [-0.1, -0.05) is 0 Å². The first-order valence-electron chi connectivity index (χ1n) is 7.64. The third-order valence-corrected chi connectivity index (χ3v) is 4.19. The van der Waals surface area contributed by atoms with Crippen LogP contribution in [-0.2, 0) is 7.05 Å². The minimum absolute atomic E-state index is 0.0322. The van der Waals surface area contributed by atoms with Gasteiger partial charge in [-0.05, 0) is 13.8 Å². The van der Waals surface area contributed by atoms with Gasteiger partial charge in [0.05, 0.1) is 24.2 Å². The molecule has 1 N–H and O–H groups in total. The number of amides is 1. The van der Waals surface area contributed by atoms with Crippen molar-refractivity contribution < 1.29 is 9.53 Å². The van der Waals surface area contributed by atoms with E-state index in [1.807, 2.05) is 18.7 Å². The third-order valence-electron chi connectivity index (χ3n) is 4.19. The molecule has 1 aliphatic rings. The lowest BCUT2D eigenvalue weighted by molar-refractivity contribution is 0.0743. The first-order valence-corrected chi connectivity index (χ1v) is 7.64. The van der Waals surface area contributed by atoms with E-state index in [1.165, 1.54) is 7.11 Å². The summed E-state index contributed by atoms with van der Waals surface area (Å²) in [5.41, 5.74) is 3.72. The standard InChI is InChI=1S/C15H22N6O2/c1-10-13(11(2)17-16-10)20-5-7-21(8-6-20)15(22)12-9-19(3)18-14(12)23-4/h9H,5-8H2,1-4H3,(H,16,17). The van der Waals surface area contributed by atoms with Gasteiger partial charge in [-0.3, -0.25) is 14.6 Å². The summed E-state index contributed by atoms with van der Waals surface area (Å²) in [4.78, 5) is 16.8. The van der Waals surface area contributed by atoms with Crippen molar-refractivity contribution in [2.45, 2.75) is 13.8 Å². The molecule has 0 saturated carbocycles. The van der Waals surface area contributed by atoms with E-state index >= 15 is 0 Å². The average molecular weight is 318 g/mol. The van der Waals surface area contributed by atoms with E-state index in [1.54, 1.807) is 17.9 Å². The van der Waals surface area contributed by atoms with Gasteiger partial charge in [0.2, 0.25) is 5.88 Å². The largest absolute Gasteiger partial charge is 0.479 e. The molecule has 8 nitrogen and oxygen atoms in total. The lowest BCUT2D eigenvalue weighted by atomic mass is 10.2. The lowest BCUT2D eigenvalue weighted by Gasteiger charge is -2.36. The molecule has 3 rings (SSSR count). The van der Waals surface area contributed by atoms with Crippen LogP contribution in [0.15, 0.2) is 6.20 Å². The molecule has 2 aromatic heterocycles. The number of H-pyrrole nitrogens is 1. The molecule has 23 heavy (non-hydrogen) atoms. The van der Waals surface area contributed by atoms with E-state index in [4.69, 9.17) is 4.74 Å². The van der Waals surface area contributed by atoms with Crippen LogP contribution in [0.4, 0.5) is 5.69 Å². The number of aromatic amines is 1. The quantitative estimate of drug-likeness (QED) is 0.902. The number of rotatable bonds is 3. The van der Waals surface area contributed by atoms with E-state index in [2.05, 4.69) is 20.2 Å². The first kappa shape index (κ1) is 15.4. The molecule has 0 radical (unpaired) electrons. The van der Waals surface area contributed by atoms with E-state index in [9.17, 15) is 4.79 Å². The van der Waals surface area contributed by atoms with Gasteiger partial charge in [0.25, 0.3) is 5.91 Å². The maximum absolute atomic E-state index is 12.7. The van der Waals surface area contributed by atoms with Crippen LogP contribution >= 0.6 is 0 Å². The summed E-state index contributed by atoms with van der Waals surface area (Å²) in [6.07, 6.45) is 1.71. The molecule has 3 heterocycles. The molecule has 1 aliphatic heterocycles. The molecule has 1 amide bonds. The highest BCUT2D eigenvalue weighted by atomic mass is 16.5. The highest BCUT2D eigenvalue weighted by Crippen LogP contribution is 2.24. The Morgan fingerprint density at radius 3 is 2.52 bits per heavy atom. The fourth-order valence-corrected chi connectivity index (χ4v) is 3.08. The zero-order chi connectivity index (χ0) is 16.6. The molecule has 0 unspecified atom stereocenters. The number of ether oxygens (including phenoxy) is 1. The van der Waals surface area contributed by atoms with Gasteiger partial charge in [0.1, 0.15) is 5.56 Å². The van der Waals surface area contributed by atoms with Crippen molar-refractivity contribution in [3.05, 3.63) is 23.1 Å². The number of hydrogen-bond acceptors (Lipinski definition) is 5. The minimum Gasteiger partial charge on any atom is -0.479 e. The molecule has 2 aromatic rings. The average Bonchev–Trinajstić information content (AvgIpc) is 3.09. The Hall–Kier alpha value is -2.51. The molecule has 0 spiro atoms. The van der Waals surface area contributed by atoms with Crippen LogP contribution in [0.3, 0.4) is 0 Å². The van der Waals surface area contributed by atoms with Gasteiger partial charge in [0, 0.05) is 39.4 Å². The molecular weight excluding hydrogens is 296 g/mol. The van der Waals surface area contributed by atoms with Crippen molar-refractivity contribution in [3.8, 4) is 5.88 Å². The summed E-state index contributed by atoms with van der Waals surface area (Å²) in [6, 6.07) is 0. The number of nitrogens with zero attached hydrogens (tertiary/aromatic N) is 5. The molecule has 1 saturated heterocycles. The molecule has 0 aromatic carbocycles. The molecular formula is C15H22N6O2.